The highest BCUT2D eigenvalue weighted by Crippen LogP contribution is 2.44. The van der Waals surface area contributed by atoms with Crippen molar-refractivity contribution in [3.05, 3.63) is 112 Å². The SMILES string of the molecule is COCc1cnc(C(Cc2ccccc2)NC(=O)[C@H](C)[C@@H](OC)[C@@H]2CCCN2C(=O)OCC2c3ccccc3-c3ccccc32)s1. The summed E-state index contributed by atoms with van der Waals surface area (Å²) in [4.78, 5) is 34.8. The lowest BCUT2D eigenvalue weighted by atomic mass is 9.94. The third-order valence-corrected chi connectivity index (χ3v) is 10.3. The summed E-state index contributed by atoms with van der Waals surface area (Å²) in [6.07, 6.45) is 3.10. The van der Waals surface area contributed by atoms with E-state index < -0.39 is 12.0 Å². The fourth-order valence-corrected chi connectivity index (χ4v) is 7.87. The van der Waals surface area contributed by atoms with Gasteiger partial charge in [0, 0.05) is 32.9 Å². The van der Waals surface area contributed by atoms with Crippen LogP contribution in [0.25, 0.3) is 11.1 Å². The molecule has 0 bridgehead atoms. The van der Waals surface area contributed by atoms with Crippen molar-refractivity contribution in [2.45, 2.75) is 56.9 Å². The molecule has 0 spiro atoms. The quantitative estimate of drug-likeness (QED) is 0.184. The molecule has 1 aromatic heterocycles. The van der Waals surface area contributed by atoms with Crippen molar-refractivity contribution in [2.24, 2.45) is 5.92 Å². The molecule has 46 heavy (non-hydrogen) atoms. The number of rotatable bonds is 12. The van der Waals surface area contributed by atoms with Gasteiger partial charge in [0.2, 0.25) is 5.91 Å². The van der Waals surface area contributed by atoms with Gasteiger partial charge in [-0.2, -0.15) is 0 Å². The molecular formula is C37H41N3O5S. The van der Waals surface area contributed by atoms with Gasteiger partial charge in [-0.3, -0.25) is 4.79 Å². The van der Waals surface area contributed by atoms with Crippen molar-refractivity contribution in [1.82, 2.24) is 15.2 Å². The maximum atomic E-state index is 13.8. The van der Waals surface area contributed by atoms with E-state index in [-0.39, 0.29) is 36.6 Å². The number of benzene rings is 3. The molecule has 1 unspecified atom stereocenters. The summed E-state index contributed by atoms with van der Waals surface area (Å²) in [7, 11) is 3.27. The number of carbonyl (C=O) groups is 2. The van der Waals surface area contributed by atoms with Crippen LogP contribution in [0.1, 0.15) is 58.3 Å². The first-order valence-corrected chi connectivity index (χ1v) is 16.7. The highest BCUT2D eigenvalue weighted by molar-refractivity contribution is 7.11. The van der Waals surface area contributed by atoms with Gasteiger partial charge in [0.15, 0.2) is 0 Å². The Morgan fingerprint density at radius 1 is 0.978 bits per heavy atom. The Morgan fingerprint density at radius 3 is 2.33 bits per heavy atom. The number of nitrogens with one attached hydrogen (secondary N) is 1. The number of carbonyl (C=O) groups excluding carboxylic acids is 2. The summed E-state index contributed by atoms with van der Waals surface area (Å²) < 4.78 is 17.3. The molecule has 0 saturated carbocycles. The van der Waals surface area contributed by atoms with Gasteiger partial charge in [0.1, 0.15) is 11.6 Å². The molecule has 4 atom stereocenters. The lowest BCUT2D eigenvalue weighted by molar-refractivity contribution is -0.131. The molecule has 3 aromatic carbocycles. The number of aromatic nitrogens is 1. The van der Waals surface area contributed by atoms with Crippen LogP contribution in [0, 0.1) is 5.92 Å². The maximum Gasteiger partial charge on any atom is 0.410 e. The van der Waals surface area contributed by atoms with Crippen LogP contribution in [0.5, 0.6) is 0 Å². The van der Waals surface area contributed by atoms with Crippen molar-refractivity contribution in [1.29, 1.82) is 0 Å². The topological polar surface area (TPSA) is 90.0 Å². The van der Waals surface area contributed by atoms with Crippen LogP contribution in [0.4, 0.5) is 4.79 Å². The average molecular weight is 640 g/mol. The van der Waals surface area contributed by atoms with Crippen LogP contribution < -0.4 is 5.32 Å². The van der Waals surface area contributed by atoms with E-state index >= 15 is 0 Å². The third kappa shape index (κ3) is 6.72. The Labute approximate surface area is 274 Å². The van der Waals surface area contributed by atoms with Gasteiger partial charge in [-0.05, 0) is 47.1 Å². The number of nitrogens with zero attached hydrogens (tertiary/aromatic N) is 2. The summed E-state index contributed by atoms with van der Waals surface area (Å²) in [6.45, 7) is 3.16. The van der Waals surface area contributed by atoms with Crippen molar-refractivity contribution in [3.8, 4) is 11.1 Å². The first-order chi connectivity index (χ1) is 22.5. The van der Waals surface area contributed by atoms with Crippen LogP contribution in [0.2, 0.25) is 0 Å². The van der Waals surface area contributed by atoms with Crippen molar-refractivity contribution in [2.75, 3.05) is 27.4 Å². The van der Waals surface area contributed by atoms with Crippen molar-refractivity contribution < 1.29 is 23.8 Å². The highest BCUT2D eigenvalue weighted by atomic mass is 32.1. The number of likely N-dealkylation sites (tertiary alicyclic amines) is 1. The van der Waals surface area contributed by atoms with Gasteiger partial charge < -0.3 is 24.4 Å². The Balaban J connectivity index is 1.13. The van der Waals surface area contributed by atoms with Gasteiger partial charge >= 0.3 is 6.09 Å². The molecule has 6 rings (SSSR count). The molecule has 2 amide bonds. The van der Waals surface area contributed by atoms with Crippen LogP contribution in [0.3, 0.4) is 0 Å². The zero-order valence-corrected chi connectivity index (χ0v) is 27.4. The lowest BCUT2D eigenvalue weighted by Crippen LogP contribution is -2.50. The number of hydrogen-bond acceptors (Lipinski definition) is 7. The number of fused-ring (bicyclic) bond motifs is 3. The van der Waals surface area contributed by atoms with E-state index in [9.17, 15) is 9.59 Å². The molecular weight excluding hydrogens is 598 g/mol. The molecule has 0 radical (unpaired) electrons. The second kappa shape index (κ2) is 14.6. The van der Waals surface area contributed by atoms with Gasteiger partial charge in [0.05, 0.1) is 35.6 Å². The number of ether oxygens (including phenoxy) is 3. The predicted octanol–water partition coefficient (Wildman–Crippen LogP) is 6.75. The van der Waals surface area contributed by atoms with Gasteiger partial charge in [-0.25, -0.2) is 9.78 Å². The largest absolute Gasteiger partial charge is 0.448 e. The summed E-state index contributed by atoms with van der Waals surface area (Å²) in [6, 6.07) is 26.1. The van der Waals surface area contributed by atoms with E-state index in [1.54, 1.807) is 25.3 Å². The Morgan fingerprint density at radius 2 is 1.65 bits per heavy atom. The Bertz CT molecular complexity index is 1600. The monoisotopic (exact) mass is 639 g/mol. The molecule has 2 heterocycles. The smallest absolute Gasteiger partial charge is 0.410 e. The minimum Gasteiger partial charge on any atom is -0.448 e. The molecule has 8 nitrogen and oxygen atoms in total. The van der Waals surface area contributed by atoms with E-state index in [1.807, 2.05) is 49.4 Å². The molecule has 1 aliphatic heterocycles. The van der Waals surface area contributed by atoms with Crippen molar-refractivity contribution >= 4 is 23.3 Å². The number of methoxy groups -OCH3 is 2. The molecule has 1 saturated heterocycles. The average Bonchev–Trinajstić information content (AvgIpc) is 3.83. The summed E-state index contributed by atoms with van der Waals surface area (Å²) in [5, 5.41) is 4.08. The maximum absolute atomic E-state index is 13.8. The summed E-state index contributed by atoms with van der Waals surface area (Å²) >= 11 is 1.54. The van der Waals surface area contributed by atoms with Crippen LogP contribution in [-0.2, 0) is 32.0 Å². The van der Waals surface area contributed by atoms with E-state index in [1.165, 1.54) is 33.6 Å². The van der Waals surface area contributed by atoms with Crippen LogP contribution >= 0.6 is 11.3 Å². The number of amides is 2. The molecule has 4 aromatic rings. The molecule has 1 fully saturated rings. The minimum absolute atomic E-state index is 0.0165. The van der Waals surface area contributed by atoms with Crippen LogP contribution in [-0.4, -0.2) is 61.4 Å². The first-order valence-electron chi connectivity index (χ1n) is 15.9. The predicted molar refractivity (Wildman–Crippen MR) is 179 cm³/mol. The molecule has 240 valence electrons. The Kier molecular flexibility index (Phi) is 10.1. The minimum atomic E-state index is -0.520. The second-order valence-electron chi connectivity index (χ2n) is 12.0. The Hall–Kier alpha value is -4.05. The molecule has 1 aliphatic carbocycles. The fourth-order valence-electron chi connectivity index (χ4n) is 6.93. The van der Waals surface area contributed by atoms with Gasteiger partial charge in [-0.1, -0.05) is 85.8 Å². The van der Waals surface area contributed by atoms with E-state index in [0.29, 0.717) is 19.6 Å². The van der Waals surface area contributed by atoms with Crippen molar-refractivity contribution in [3.63, 3.8) is 0 Å². The standard InChI is InChI=1S/C37H41N3O5S/c1-24(35(41)39-32(20-25-12-5-4-6-13-25)36-38-21-26(46-36)22-43-2)34(44-3)33-18-11-19-40(33)37(42)45-23-31-29-16-9-7-14-27(29)28-15-8-10-17-30(28)31/h4-10,12-17,21,24,31-34H,11,18-20,22-23H2,1-3H3,(H,39,41)/t24-,32?,33+,34-/m1/s1. The highest BCUT2D eigenvalue weighted by Gasteiger charge is 2.41. The van der Waals surface area contributed by atoms with E-state index in [4.69, 9.17) is 14.2 Å². The third-order valence-electron chi connectivity index (χ3n) is 9.18. The summed E-state index contributed by atoms with van der Waals surface area (Å²) in [5.74, 6) is -0.679. The molecule has 1 N–H and O–H groups in total. The number of thiazole rings is 1. The second-order valence-corrected chi connectivity index (χ2v) is 13.2. The van der Waals surface area contributed by atoms with Gasteiger partial charge in [0.25, 0.3) is 0 Å². The molecule has 2 aliphatic rings. The normalized spacial score (nSPS) is 17.6. The van der Waals surface area contributed by atoms with Crippen LogP contribution in [0.15, 0.2) is 85.1 Å². The first kappa shape index (κ1) is 31.9. The fraction of sp³-hybridized carbons (Fsp3) is 0.378. The number of hydrogen-bond donors (Lipinski definition) is 1. The lowest BCUT2D eigenvalue weighted by Gasteiger charge is -2.34. The van der Waals surface area contributed by atoms with E-state index in [2.05, 4.69) is 46.7 Å². The zero-order valence-electron chi connectivity index (χ0n) is 26.6. The zero-order chi connectivity index (χ0) is 32.0. The van der Waals surface area contributed by atoms with E-state index in [0.717, 1.165) is 28.3 Å². The summed E-state index contributed by atoms with van der Waals surface area (Å²) in [5.41, 5.74) is 5.83. The van der Waals surface area contributed by atoms with Gasteiger partial charge in [-0.15, -0.1) is 11.3 Å². The molecule has 9 heteroatoms.